The Morgan fingerprint density at radius 2 is 0.952 bits per heavy atom. The second-order valence-corrected chi connectivity index (χ2v) is 17.0. The van der Waals surface area contributed by atoms with Gasteiger partial charge in [0.2, 0.25) is 0 Å². The normalized spacial score (nSPS) is 12.6. The summed E-state index contributed by atoms with van der Waals surface area (Å²) in [7, 11) is 0. The maximum atomic E-state index is 5.27. The summed E-state index contributed by atoms with van der Waals surface area (Å²) >= 11 is 1.82. The molecule has 12 rings (SSSR count). The summed E-state index contributed by atoms with van der Waals surface area (Å²) in [6, 6.07) is 78.4. The number of rotatable bonds is 7. The van der Waals surface area contributed by atoms with Gasteiger partial charge in [-0.15, -0.1) is 11.3 Å². The van der Waals surface area contributed by atoms with Crippen molar-refractivity contribution in [2.75, 3.05) is 0 Å². The van der Waals surface area contributed by atoms with Crippen LogP contribution in [-0.4, -0.2) is 15.0 Å². The van der Waals surface area contributed by atoms with Gasteiger partial charge in [0, 0.05) is 48.6 Å². The van der Waals surface area contributed by atoms with E-state index >= 15 is 0 Å². The van der Waals surface area contributed by atoms with Gasteiger partial charge >= 0.3 is 0 Å². The third kappa shape index (κ3) is 5.76. The van der Waals surface area contributed by atoms with Crippen molar-refractivity contribution in [3.05, 3.63) is 247 Å². The first kappa shape index (κ1) is 36.1. The van der Waals surface area contributed by atoms with Crippen molar-refractivity contribution in [1.82, 2.24) is 15.0 Å². The van der Waals surface area contributed by atoms with E-state index in [1.54, 1.807) is 0 Å². The average Bonchev–Trinajstić information content (AvgIpc) is 3.88. The molecule has 0 saturated heterocycles. The van der Waals surface area contributed by atoms with Crippen LogP contribution in [-0.2, 0) is 5.41 Å². The largest absolute Gasteiger partial charge is 0.256 e. The highest BCUT2D eigenvalue weighted by Crippen LogP contribution is 2.59. The van der Waals surface area contributed by atoms with Crippen LogP contribution in [0.25, 0.3) is 87.6 Å². The molecule has 0 amide bonds. The molecule has 0 atom stereocenters. The van der Waals surface area contributed by atoms with Gasteiger partial charge < -0.3 is 0 Å². The van der Waals surface area contributed by atoms with Crippen molar-refractivity contribution in [3.63, 3.8) is 0 Å². The minimum Gasteiger partial charge on any atom is -0.256 e. The molecule has 0 unspecified atom stereocenters. The Hall–Kier alpha value is -7.79. The maximum absolute atomic E-state index is 5.27. The first-order chi connectivity index (χ1) is 30.7. The zero-order valence-corrected chi connectivity index (χ0v) is 34.4. The number of aromatic nitrogens is 3. The van der Waals surface area contributed by atoms with Crippen LogP contribution in [0.2, 0.25) is 0 Å². The monoisotopic (exact) mass is 807 g/mol. The first-order valence-corrected chi connectivity index (χ1v) is 21.8. The molecular formula is C58H37N3S. The topological polar surface area (TPSA) is 38.7 Å². The van der Waals surface area contributed by atoms with Crippen LogP contribution >= 0.6 is 11.3 Å². The number of hydrogen-bond donors (Lipinski definition) is 0. The van der Waals surface area contributed by atoms with Crippen LogP contribution in [0.4, 0.5) is 0 Å². The van der Waals surface area contributed by atoms with Gasteiger partial charge in [0.1, 0.15) is 0 Å². The smallest absolute Gasteiger partial charge is 0.160 e. The molecule has 62 heavy (non-hydrogen) atoms. The van der Waals surface area contributed by atoms with Crippen molar-refractivity contribution in [1.29, 1.82) is 0 Å². The standard InChI is InChI=1S/C58H37N3S/c1-4-16-39(17-5-1)51-37-52(61-57(60-51)41-31-34-54-47(36-41)45-22-11-13-26-53(45)62-54)40-29-27-38(28-30-40)44-32-33-49-55(56(44)50-25-14-15-35-59-50)46-23-10-12-24-48(46)58(49,42-18-6-2-7-19-42)43-20-8-3-9-21-43/h1-37H. The van der Waals surface area contributed by atoms with Crippen LogP contribution < -0.4 is 0 Å². The predicted octanol–water partition coefficient (Wildman–Crippen LogP) is 14.9. The van der Waals surface area contributed by atoms with Gasteiger partial charge in [-0.3, -0.25) is 4.98 Å². The Balaban J connectivity index is 1.03. The van der Waals surface area contributed by atoms with E-state index in [-0.39, 0.29) is 0 Å². The number of pyridine rings is 1. The zero-order chi connectivity index (χ0) is 41.0. The van der Waals surface area contributed by atoms with E-state index in [1.165, 1.54) is 53.6 Å². The van der Waals surface area contributed by atoms with Gasteiger partial charge in [0.15, 0.2) is 5.82 Å². The van der Waals surface area contributed by atoms with E-state index in [0.717, 1.165) is 50.5 Å². The molecule has 1 aliphatic carbocycles. The van der Waals surface area contributed by atoms with Gasteiger partial charge in [0.05, 0.1) is 22.5 Å². The van der Waals surface area contributed by atoms with E-state index in [2.05, 4.69) is 206 Å². The summed E-state index contributed by atoms with van der Waals surface area (Å²) in [6.07, 6.45) is 1.90. The third-order valence-corrected chi connectivity index (χ3v) is 13.6. The van der Waals surface area contributed by atoms with Crippen LogP contribution in [0.15, 0.2) is 225 Å². The Labute approximate surface area is 364 Å². The van der Waals surface area contributed by atoms with E-state index in [9.17, 15) is 0 Å². The molecular weight excluding hydrogens is 771 g/mol. The van der Waals surface area contributed by atoms with Crippen molar-refractivity contribution in [3.8, 4) is 67.4 Å². The molecule has 1 aliphatic rings. The molecule has 290 valence electrons. The second kappa shape index (κ2) is 14.7. The molecule has 0 bridgehead atoms. The van der Waals surface area contributed by atoms with Crippen LogP contribution in [0, 0.1) is 0 Å². The van der Waals surface area contributed by atoms with Crippen molar-refractivity contribution in [2.24, 2.45) is 0 Å². The molecule has 0 radical (unpaired) electrons. The molecule has 3 aromatic heterocycles. The van der Waals surface area contributed by atoms with Crippen molar-refractivity contribution < 1.29 is 0 Å². The molecule has 0 fully saturated rings. The zero-order valence-electron chi connectivity index (χ0n) is 33.6. The Morgan fingerprint density at radius 1 is 0.355 bits per heavy atom. The third-order valence-electron chi connectivity index (χ3n) is 12.5. The Kier molecular flexibility index (Phi) is 8.58. The number of benzene rings is 8. The van der Waals surface area contributed by atoms with Crippen LogP contribution in [0.1, 0.15) is 22.3 Å². The lowest BCUT2D eigenvalue weighted by molar-refractivity contribution is 0.768. The van der Waals surface area contributed by atoms with E-state index in [1.807, 2.05) is 29.7 Å². The molecule has 0 saturated carbocycles. The SMILES string of the molecule is c1ccc(-c2cc(-c3ccc(-c4ccc5c(c4-c4ccccn4)-c4ccccc4C5(c4ccccc4)c4ccccc4)cc3)nc(-c3ccc4sc5ccccc5c4c3)n2)cc1. The number of nitrogens with zero attached hydrogens (tertiary/aromatic N) is 3. The highest BCUT2D eigenvalue weighted by Gasteiger charge is 2.47. The average molecular weight is 808 g/mol. The Bertz CT molecular complexity index is 3390. The van der Waals surface area contributed by atoms with Crippen LogP contribution in [0.5, 0.6) is 0 Å². The predicted molar refractivity (Wildman–Crippen MR) is 257 cm³/mol. The molecule has 11 aromatic rings. The van der Waals surface area contributed by atoms with Gasteiger partial charge in [0.25, 0.3) is 0 Å². The molecule has 0 N–H and O–H groups in total. The fraction of sp³-hybridized carbons (Fsp3) is 0.0172. The quantitative estimate of drug-likeness (QED) is 0.161. The summed E-state index contributed by atoms with van der Waals surface area (Å²) < 4.78 is 2.54. The van der Waals surface area contributed by atoms with E-state index in [4.69, 9.17) is 15.0 Å². The minimum absolute atomic E-state index is 0.511. The lowest BCUT2D eigenvalue weighted by atomic mass is 9.67. The minimum atomic E-state index is -0.511. The summed E-state index contributed by atoms with van der Waals surface area (Å²) in [6.45, 7) is 0. The number of thiophene rings is 1. The summed E-state index contributed by atoms with van der Waals surface area (Å²) in [4.78, 5) is 15.5. The summed E-state index contributed by atoms with van der Waals surface area (Å²) in [5, 5.41) is 2.49. The molecule has 0 aliphatic heterocycles. The number of hydrogen-bond acceptors (Lipinski definition) is 4. The van der Waals surface area contributed by atoms with Gasteiger partial charge in [-0.2, -0.15) is 0 Å². The molecule has 3 nitrogen and oxygen atoms in total. The van der Waals surface area contributed by atoms with Gasteiger partial charge in [-0.25, -0.2) is 9.97 Å². The van der Waals surface area contributed by atoms with Gasteiger partial charge in [-0.1, -0.05) is 176 Å². The summed E-state index contributed by atoms with van der Waals surface area (Å²) in [5.74, 6) is 0.706. The van der Waals surface area contributed by atoms with Crippen molar-refractivity contribution in [2.45, 2.75) is 5.41 Å². The van der Waals surface area contributed by atoms with Gasteiger partial charge in [-0.05, 0) is 87.0 Å². The maximum Gasteiger partial charge on any atom is 0.160 e. The van der Waals surface area contributed by atoms with E-state index in [0.29, 0.717) is 5.82 Å². The summed E-state index contributed by atoms with van der Waals surface area (Å²) in [5.41, 5.74) is 16.1. The van der Waals surface area contributed by atoms with E-state index < -0.39 is 5.41 Å². The second-order valence-electron chi connectivity index (χ2n) is 15.9. The fourth-order valence-corrected chi connectivity index (χ4v) is 10.8. The lowest BCUT2D eigenvalue weighted by Crippen LogP contribution is -2.28. The fourth-order valence-electron chi connectivity index (χ4n) is 9.72. The molecule has 3 heterocycles. The van der Waals surface area contributed by atoms with Crippen molar-refractivity contribution >= 4 is 31.5 Å². The number of fused-ring (bicyclic) bond motifs is 6. The first-order valence-electron chi connectivity index (χ1n) is 21.0. The highest BCUT2D eigenvalue weighted by molar-refractivity contribution is 7.25. The molecule has 8 aromatic carbocycles. The lowest BCUT2D eigenvalue weighted by Gasteiger charge is -2.34. The highest BCUT2D eigenvalue weighted by atomic mass is 32.1. The van der Waals surface area contributed by atoms with Crippen LogP contribution in [0.3, 0.4) is 0 Å². The molecule has 0 spiro atoms. The Morgan fingerprint density at radius 3 is 1.68 bits per heavy atom. The molecule has 4 heteroatoms.